The summed E-state index contributed by atoms with van der Waals surface area (Å²) in [6, 6.07) is 23.7. The summed E-state index contributed by atoms with van der Waals surface area (Å²) < 4.78 is 5.43. The van der Waals surface area contributed by atoms with Gasteiger partial charge in [0.15, 0.2) is 0 Å². The SMILES string of the molecule is CCc1ccc(OC(=O)CCN2C(=O)C3C4c5ccccc5C(c5ccccc54)C3C2=O)cc1. The third-order valence-electron chi connectivity index (χ3n) is 7.64. The highest BCUT2D eigenvalue weighted by Gasteiger charge is 2.61. The highest BCUT2D eigenvalue weighted by Crippen LogP contribution is 2.60. The molecule has 1 aliphatic heterocycles. The van der Waals surface area contributed by atoms with Crippen LogP contribution in [0.1, 0.15) is 53.0 Å². The van der Waals surface area contributed by atoms with Crippen molar-refractivity contribution < 1.29 is 19.1 Å². The van der Waals surface area contributed by atoms with Crippen molar-refractivity contribution in [1.82, 2.24) is 4.90 Å². The number of hydrogen-bond acceptors (Lipinski definition) is 4. The molecule has 1 fully saturated rings. The van der Waals surface area contributed by atoms with Gasteiger partial charge in [0, 0.05) is 18.4 Å². The lowest BCUT2D eigenvalue weighted by molar-refractivity contribution is -0.141. The normalized spacial score (nSPS) is 24.0. The van der Waals surface area contributed by atoms with Gasteiger partial charge in [0.05, 0.1) is 18.3 Å². The molecule has 3 aliphatic carbocycles. The van der Waals surface area contributed by atoms with Crippen LogP contribution in [0, 0.1) is 11.8 Å². The van der Waals surface area contributed by atoms with Crippen LogP contribution >= 0.6 is 0 Å². The zero-order chi connectivity index (χ0) is 23.4. The summed E-state index contributed by atoms with van der Waals surface area (Å²) in [7, 11) is 0. The maximum absolute atomic E-state index is 13.6. The molecule has 1 heterocycles. The zero-order valence-electron chi connectivity index (χ0n) is 18.9. The lowest BCUT2D eigenvalue weighted by Gasteiger charge is -2.45. The van der Waals surface area contributed by atoms with E-state index in [9.17, 15) is 14.4 Å². The van der Waals surface area contributed by atoms with Gasteiger partial charge in [0.2, 0.25) is 11.8 Å². The number of likely N-dealkylation sites (tertiary alicyclic amines) is 1. The molecule has 2 atom stereocenters. The average Bonchev–Trinajstić information content (AvgIpc) is 3.13. The molecule has 2 amide bonds. The maximum Gasteiger partial charge on any atom is 0.312 e. The third kappa shape index (κ3) is 3.03. The molecule has 3 aromatic carbocycles. The second-order valence-electron chi connectivity index (χ2n) is 9.31. The van der Waals surface area contributed by atoms with Crippen molar-refractivity contribution in [3.05, 3.63) is 101 Å². The first-order chi connectivity index (χ1) is 16.6. The fraction of sp³-hybridized carbons (Fsp3) is 0.276. The molecule has 0 radical (unpaired) electrons. The van der Waals surface area contributed by atoms with Gasteiger partial charge in [-0.2, -0.15) is 0 Å². The van der Waals surface area contributed by atoms with Crippen molar-refractivity contribution in [2.45, 2.75) is 31.6 Å². The van der Waals surface area contributed by atoms with E-state index in [2.05, 4.69) is 31.2 Å². The second kappa shape index (κ2) is 7.94. The second-order valence-corrected chi connectivity index (χ2v) is 9.31. The molecule has 0 spiro atoms. The van der Waals surface area contributed by atoms with Gasteiger partial charge in [-0.25, -0.2) is 0 Å². The molecule has 4 aliphatic rings. The van der Waals surface area contributed by atoms with Gasteiger partial charge in [-0.15, -0.1) is 0 Å². The van der Waals surface area contributed by atoms with Crippen LogP contribution < -0.4 is 4.74 Å². The molecule has 2 unspecified atom stereocenters. The topological polar surface area (TPSA) is 63.7 Å². The molecule has 0 N–H and O–H groups in total. The first-order valence-corrected chi connectivity index (χ1v) is 11.9. The molecular formula is C29H25NO4. The van der Waals surface area contributed by atoms with Crippen molar-refractivity contribution in [3.63, 3.8) is 0 Å². The Bertz CT molecular complexity index is 1200. The Hall–Kier alpha value is -3.73. The first-order valence-electron chi connectivity index (χ1n) is 11.9. The van der Waals surface area contributed by atoms with Crippen LogP contribution in [0.15, 0.2) is 72.8 Å². The minimum atomic E-state index is -0.450. The van der Waals surface area contributed by atoms with Crippen LogP contribution in [0.4, 0.5) is 0 Å². The van der Waals surface area contributed by atoms with Crippen molar-refractivity contribution in [3.8, 4) is 5.75 Å². The Balaban J connectivity index is 1.24. The van der Waals surface area contributed by atoms with E-state index >= 15 is 0 Å². The molecule has 34 heavy (non-hydrogen) atoms. The summed E-state index contributed by atoms with van der Waals surface area (Å²) in [5.41, 5.74) is 5.74. The molecule has 5 heteroatoms. The summed E-state index contributed by atoms with van der Waals surface area (Å²) in [6.07, 6.45) is 0.882. The van der Waals surface area contributed by atoms with E-state index in [1.165, 1.54) is 4.90 Å². The van der Waals surface area contributed by atoms with Gasteiger partial charge in [-0.3, -0.25) is 19.3 Å². The molecule has 2 bridgehead atoms. The van der Waals surface area contributed by atoms with Crippen molar-refractivity contribution in [2.24, 2.45) is 11.8 Å². The number of amides is 2. The Labute approximate surface area is 198 Å². The number of ether oxygens (including phenoxy) is 1. The van der Waals surface area contributed by atoms with E-state index in [0.29, 0.717) is 5.75 Å². The number of benzene rings is 3. The monoisotopic (exact) mass is 451 g/mol. The predicted octanol–water partition coefficient (Wildman–Crippen LogP) is 4.44. The number of nitrogens with zero attached hydrogens (tertiary/aromatic N) is 1. The largest absolute Gasteiger partial charge is 0.426 e. The third-order valence-corrected chi connectivity index (χ3v) is 7.64. The van der Waals surface area contributed by atoms with E-state index < -0.39 is 17.8 Å². The first kappa shape index (κ1) is 20.8. The number of hydrogen-bond donors (Lipinski definition) is 0. The van der Waals surface area contributed by atoms with Gasteiger partial charge in [0.1, 0.15) is 5.75 Å². The summed E-state index contributed by atoms with van der Waals surface area (Å²) in [5.74, 6) is -1.42. The van der Waals surface area contributed by atoms with Gasteiger partial charge >= 0.3 is 5.97 Å². The Morgan fingerprint density at radius 2 is 1.24 bits per heavy atom. The zero-order valence-corrected chi connectivity index (χ0v) is 18.9. The number of esters is 1. The molecule has 1 saturated heterocycles. The summed E-state index contributed by atoms with van der Waals surface area (Å²) in [4.78, 5) is 40.9. The molecule has 3 aromatic rings. The Kier molecular flexibility index (Phi) is 4.87. The van der Waals surface area contributed by atoms with Crippen LogP contribution in [0.5, 0.6) is 5.75 Å². The lowest BCUT2D eigenvalue weighted by Crippen LogP contribution is -2.41. The fourth-order valence-corrected chi connectivity index (χ4v) is 6.14. The summed E-state index contributed by atoms with van der Waals surface area (Å²) >= 11 is 0. The molecule has 0 aromatic heterocycles. The van der Waals surface area contributed by atoms with Gasteiger partial charge in [-0.05, 0) is 46.4 Å². The summed E-state index contributed by atoms with van der Waals surface area (Å²) in [5, 5.41) is 0. The highest BCUT2D eigenvalue weighted by atomic mass is 16.5. The predicted molar refractivity (Wildman–Crippen MR) is 126 cm³/mol. The van der Waals surface area contributed by atoms with Crippen molar-refractivity contribution in [2.75, 3.05) is 6.54 Å². The fourth-order valence-electron chi connectivity index (χ4n) is 6.14. The Morgan fingerprint density at radius 1 is 0.765 bits per heavy atom. The molecule has 7 rings (SSSR count). The smallest absolute Gasteiger partial charge is 0.312 e. The minimum absolute atomic E-state index is 0.0261. The van der Waals surface area contributed by atoms with E-state index in [-0.39, 0.29) is 36.6 Å². The number of imide groups is 1. The minimum Gasteiger partial charge on any atom is -0.426 e. The van der Waals surface area contributed by atoms with Gasteiger partial charge < -0.3 is 4.74 Å². The van der Waals surface area contributed by atoms with Crippen molar-refractivity contribution >= 4 is 17.8 Å². The molecule has 170 valence electrons. The number of rotatable bonds is 5. The molecular weight excluding hydrogens is 426 g/mol. The van der Waals surface area contributed by atoms with Gasteiger partial charge in [-0.1, -0.05) is 67.6 Å². The van der Waals surface area contributed by atoms with Crippen LogP contribution in [0.3, 0.4) is 0 Å². The lowest BCUT2D eigenvalue weighted by atomic mass is 9.55. The number of carbonyl (C=O) groups is 3. The van der Waals surface area contributed by atoms with Crippen LogP contribution in [0.2, 0.25) is 0 Å². The number of aryl methyl sites for hydroxylation is 1. The average molecular weight is 452 g/mol. The van der Waals surface area contributed by atoms with Crippen LogP contribution in [0.25, 0.3) is 0 Å². The van der Waals surface area contributed by atoms with E-state index in [0.717, 1.165) is 34.2 Å². The highest BCUT2D eigenvalue weighted by molar-refractivity contribution is 6.07. The quantitative estimate of drug-likeness (QED) is 0.327. The maximum atomic E-state index is 13.6. The van der Waals surface area contributed by atoms with E-state index in [1.54, 1.807) is 12.1 Å². The molecule has 5 nitrogen and oxygen atoms in total. The van der Waals surface area contributed by atoms with Crippen LogP contribution in [-0.4, -0.2) is 29.2 Å². The standard InChI is InChI=1S/C29H25NO4/c1-2-17-11-13-18(14-12-17)34-23(31)15-16-30-28(32)26-24-19-7-3-4-8-20(19)25(27(26)29(30)33)22-10-6-5-9-21(22)24/h3-14,24-27H,2,15-16H2,1H3. The van der Waals surface area contributed by atoms with Crippen LogP contribution in [-0.2, 0) is 20.8 Å². The number of carbonyl (C=O) groups excluding carboxylic acids is 3. The Morgan fingerprint density at radius 3 is 1.68 bits per heavy atom. The van der Waals surface area contributed by atoms with Gasteiger partial charge in [0.25, 0.3) is 0 Å². The van der Waals surface area contributed by atoms with E-state index in [1.807, 2.05) is 36.4 Å². The van der Waals surface area contributed by atoms with Crippen molar-refractivity contribution in [1.29, 1.82) is 0 Å². The summed E-state index contributed by atoms with van der Waals surface area (Å²) in [6.45, 7) is 2.11. The van der Waals surface area contributed by atoms with E-state index in [4.69, 9.17) is 4.74 Å². The molecule has 0 saturated carbocycles.